The van der Waals surface area contributed by atoms with Crippen molar-refractivity contribution >= 4 is 10.0 Å². The molecule has 0 radical (unpaired) electrons. The molecule has 0 saturated heterocycles. The Kier molecular flexibility index (Phi) is 4.90. The maximum absolute atomic E-state index is 11.6. The van der Waals surface area contributed by atoms with Crippen LogP contribution in [0.1, 0.15) is 18.9 Å². The summed E-state index contributed by atoms with van der Waals surface area (Å²) in [6.45, 7) is 5.53. The number of benzene rings is 1. The van der Waals surface area contributed by atoms with Crippen molar-refractivity contribution in [3.05, 3.63) is 48.6 Å². The van der Waals surface area contributed by atoms with E-state index in [0.29, 0.717) is 12.8 Å². The highest BCUT2D eigenvalue weighted by Crippen LogP contribution is 2.19. The van der Waals surface area contributed by atoms with Crippen molar-refractivity contribution in [1.82, 2.24) is 0 Å². The molecule has 17 heavy (non-hydrogen) atoms. The van der Waals surface area contributed by atoms with Gasteiger partial charge in [0.1, 0.15) is 0 Å². The third-order valence-corrected chi connectivity index (χ3v) is 4.35. The molecule has 1 unspecified atom stereocenters. The molecule has 0 heterocycles. The van der Waals surface area contributed by atoms with Crippen LogP contribution in [0.2, 0.25) is 0 Å². The fraction of sp³-hybridized carbons (Fsp3) is 0.385. The zero-order valence-corrected chi connectivity index (χ0v) is 10.9. The van der Waals surface area contributed by atoms with E-state index in [0.717, 1.165) is 5.56 Å². The molecule has 2 atom stereocenters. The van der Waals surface area contributed by atoms with Crippen LogP contribution in [0, 0.1) is 5.92 Å². The van der Waals surface area contributed by atoms with Gasteiger partial charge in [-0.2, -0.15) is 0 Å². The Morgan fingerprint density at radius 1 is 1.35 bits per heavy atom. The Balaban J connectivity index is 2.89. The molecule has 0 spiro atoms. The minimum Gasteiger partial charge on any atom is -0.228 e. The zero-order chi connectivity index (χ0) is 12.9. The lowest BCUT2D eigenvalue weighted by molar-refractivity contribution is 0.505. The van der Waals surface area contributed by atoms with E-state index in [9.17, 15) is 8.42 Å². The van der Waals surface area contributed by atoms with Crippen molar-refractivity contribution in [2.45, 2.75) is 25.0 Å². The van der Waals surface area contributed by atoms with Gasteiger partial charge in [-0.05, 0) is 24.3 Å². The number of hydrogen-bond donors (Lipinski definition) is 1. The van der Waals surface area contributed by atoms with Crippen LogP contribution in [0.3, 0.4) is 0 Å². The summed E-state index contributed by atoms with van der Waals surface area (Å²) in [5.41, 5.74) is 0.988. The first-order valence-corrected chi connectivity index (χ1v) is 7.22. The predicted octanol–water partition coefficient (Wildman–Crippen LogP) is 2.10. The Morgan fingerprint density at radius 3 is 2.41 bits per heavy atom. The fourth-order valence-corrected chi connectivity index (χ4v) is 3.09. The molecule has 1 rings (SSSR count). The summed E-state index contributed by atoms with van der Waals surface area (Å²) < 4.78 is 23.2. The molecule has 0 aliphatic heterocycles. The minimum absolute atomic E-state index is 0.0253. The van der Waals surface area contributed by atoms with E-state index >= 15 is 0 Å². The van der Waals surface area contributed by atoms with E-state index in [1.54, 1.807) is 6.08 Å². The van der Waals surface area contributed by atoms with E-state index in [2.05, 4.69) is 6.58 Å². The van der Waals surface area contributed by atoms with Crippen molar-refractivity contribution in [3.8, 4) is 0 Å². The molecule has 0 fully saturated rings. The molecule has 0 aromatic heterocycles. The highest BCUT2D eigenvalue weighted by molar-refractivity contribution is 7.89. The summed E-state index contributed by atoms with van der Waals surface area (Å²) in [4.78, 5) is 0. The molecule has 0 saturated carbocycles. The number of allylic oxidation sites excluding steroid dienone is 1. The van der Waals surface area contributed by atoms with Crippen molar-refractivity contribution in [2.75, 3.05) is 0 Å². The molecular formula is C13H19NO2S. The highest BCUT2D eigenvalue weighted by atomic mass is 32.2. The van der Waals surface area contributed by atoms with Gasteiger partial charge in [-0.25, -0.2) is 13.6 Å². The summed E-state index contributed by atoms with van der Waals surface area (Å²) in [6.07, 6.45) is 2.83. The minimum atomic E-state index is -3.53. The summed E-state index contributed by atoms with van der Waals surface area (Å²) in [7, 11) is -3.53. The molecule has 0 aliphatic rings. The van der Waals surface area contributed by atoms with Crippen molar-refractivity contribution in [2.24, 2.45) is 11.1 Å². The summed E-state index contributed by atoms with van der Waals surface area (Å²) >= 11 is 0. The van der Waals surface area contributed by atoms with Crippen molar-refractivity contribution < 1.29 is 8.42 Å². The molecule has 0 aliphatic carbocycles. The van der Waals surface area contributed by atoms with Crippen molar-refractivity contribution in [1.29, 1.82) is 0 Å². The lowest BCUT2D eigenvalue weighted by atomic mass is 9.98. The first kappa shape index (κ1) is 13.9. The SMILES string of the molecule is C=CC[C@H](C)C(Cc1ccccc1)S(N)(=O)=O. The van der Waals surface area contributed by atoms with Gasteiger partial charge >= 0.3 is 0 Å². The molecule has 3 nitrogen and oxygen atoms in total. The van der Waals surface area contributed by atoms with Crippen LogP contribution in [-0.2, 0) is 16.4 Å². The Morgan fingerprint density at radius 2 is 1.94 bits per heavy atom. The molecule has 4 heteroatoms. The van der Waals surface area contributed by atoms with Crippen molar-refractivity contribution in [3.63, 3.8) is 0 Å². The third-order valence-electron chi connectivity index (χ3n) is 2.87. The second kappa shape index (κ2) is 5.98. The van der Waals surface area contributed by atoms with Crippen LogP contribution in [0.5, 0.6) is 0 Å². The predicted molar refractivity (Wildman–Crippen MR) is 71.0 cm³/mol. The lowest BCUT2D eigenvalue weighted by Crippen LogP contribution is -2.35. The number of hydrogen-bond acceptors (Lipinski definition) is 2. The maximum Gasteiger partial charge on any atom is 0.212 e. The van der Waals surface area contributed by atoms with Crippen LogP contribution in [0.15, 0.2) is 43.0 Å². The Labute approximate surface area is 103 Å². The number of nitrogens with two attached hydrogens (primary N) is 1. The normalized spacial score (nSPS) is 15.2. The van der Waals surface area contributed by atoms with Gasteiger partial charge in [0.25, 0.3) is 0 Å². The van der Waals surface area contributed by atoms with Gasteiger partial charge in [-0.3, -0.25) is 0 Å². The molecule has 1 aromatic carbocycles. The molecule has 2 N–H and O–H groups in total. The van der Waals surface area contributed by atoms with Crippen LogP contribution >= 0.6 is 0 Å². The van der Waals surface area contributed by atoms with Crippen LogP contribution in [0.4, 0.5) is 0 Å². The van der Waals surface area contributed by atoms with Crippen LogP contribution in [0.25, 0.3) is 0 Å². The maximum atomic E-state index is 11.6. The van der Waals surface area contributed by atoms with Gasteiger partial charge < -0.3 is 0 Å². The average molecular weight is 253 g/mol. The van der Waals surface area contributed by atoms with E-state index in [4.69, 9.17) is 5.14 Å². The highest BCUT2D eigenvalue weighted by Gasteiger charge is 2.27. The second-order valence-electron chi connectivity index (χ2n) is 4.32. The molecule has 0 amide bonds. The molecule has 1 aromatic rings. The topological polar surface area (TPSA) is 60.2 Å². The molecule has 94 valence electrons. The van der Waals surface area contributed by atoms with Gasteiger partial charge in [-0.15, -0.1) is 6.58 Å². The van der Waals surface area contributed by atoms with E-state index in [1.807, 2.05) is 37.3 Å². The first-order valence-electron chi connectivity index (χ1n) is 5.61. The largest absolute Gasteiger partial charge is 0.228 e. The Bertz CT molecular complexity index is 454. The molecular weight excluding hydrogens is 234 g/mol. The van der Waals surface area contributed by atoms with E-state index < -0.39 is 15.3 Å². The van der Waals surface area contributed by atoms with Gasteiger partial charge in [0, 0.05) is 0 Å². The second-order valence-corrected chi connectivity index (χ2v) is 6.10. The number of primary sulfonamides is 1. The van der Waals surface area contributed by atoms with Gasteiger partial charge in [0.2, 0.25) is 10.0 Å². The Hall–Kier alpha value is -1.13. The summed E-state index contributed by atoms with van der Waals surface area (Å²) in [6, 6.07) is 9.53. The number of rotatable bonds is 6. The smallest absolute Gasteiger partial charge is 0.212 e. The van der Waals surface area contributed by atoms with Crippen LogP contribution < -0.4 is 5.14 Å². The standard InChI is InChI=1S/C13H19NO2S/c1-3-7-11(2)13(17(14,15)16)10-12-8-5-4-6-9-12/h3-6,8-9,11,13H,1,7,10H2,2H3,(H2,14,15,16)/t11-,13?/m0/s1. The average Bonchev–Trinajstić information content (AvgIpc) is 2.26. The quantitative estimate of drug-likeness (QED) is 0.789. The van der Waals surface area contributed by atoms with E-state index in [-0.39, 0.29) is 5.92 Å². The molecule has 0 bridgehead atoms. The lowest BCUT2D eigenvalue weighted by Gasteiger charge is -2.21. The fourth-order valence-electron chi connectivity index (χ4n) is 1.90. The van der Waals surface area contributed by atoms with Gasteiger partial charge in [0.05, 0.1) is 5.25 Å². The van der Waals surface area contributed by atoms with Gasteiger partial charge in [-0.1, -0.05) is 43.3 Å². The first-order chi connectivity index (χ1) is 7.95. The zero-order valence-electron chi connectivity index (χ0n) is 10.0. The third kappa shape index (κ3) is 4.32. The number of sulfonamides is 1. The monoisotopic (exact) mass is 253 g/mol. The summed E-state index contributed by atoms with van der Waals surface area (Å²) in [5, 5.41) is 4.74. The summed E-state index contributed by atoms with van der Waals surface area (Å²) in [5.74, 6) is -0.0253. The van der Waals surface area contributed by atoms with Gasteiger partial charge in [0.15, 0.2) is 0 Å². The van der Waals surface area contributed by atoms with Crippen LogP contribution in [-0.4, -0.2) is 13.7 Å². The van der Waals surface area contributed by atoms with E-state index in [1.165, 1.54) is 0 Å².